The van der Waals surface area contributed by atoms with E-state index in [1.54, 1.807) is 48.5 Å². The smallest absolute Gasteiger partial charge is 0.475 e. The fourth-order valence-corrected chi connectivity index (χ4v) is 8.36. The van der Waals surface area contributed by atoms with Crippen LogP contribution in [0.3, 0.4) is 0 Å². The number of carboxylic acid groups (broad SMARTS) is 3. The number of hydrogen-bond acceptors (Lipinski definition) is 12. The van der Waals surface area contributed by atoms with Gasteiger partial charge in [0.05, 0.1) is 0 Å². The lowest BCUT2D eigenvalue weighted by Gasteiger charge is -2.34. The first-order valence-electron chi connectivity index (χ1n) is 23.1. The molecule has 4 amide bonds. The topological polar surface area (TPSA) is 319 Å². The Morgan fingerprint density at radius 3 is 1.40 bits per heavy atom. The van der Waals surface area contributed by atoms with Crippen LogP contribution in [0, 0.1) is 0 Å². The number of nitrogens with one attached hydrogen (secondary N) is 6. The van der Waals surface area contributed by atoms with E-state index in [-0.39, 0.29) is 30.7 Å². The molecule has 0 aromatic heterocycles. The van der Waals surface area contributed by atoms with Gasteiger partial charge in [0.1, 0.15) is 12.1 Å². The van der Waals surface area contributed by atoms with E-state index >= 15 is 0 Å². The number of piperazine rings is 1. The van der Waals surface area contributed by atoms with Crippen molar-refractivity contribution < 1.29 is 96.8 Å². The van der Waals surface area contributed by atoms with Crippen LogP contribution >= 0.6 is 0 Å². The number of unbranched alkanes of at least 4 members (excludes halogenated alkanes) is 1. The van der Waals surface area contributed by atoms with Gasteiger partial charge in [-0.1, -0.05) is 43.5 Å². The molecule has 6 bridgehead atoms. The molecule has 2 aromatic rings. The zero-order chi connectivity index (χ0) is 56.6. The number of amides is 4. The van der Waals surface area contributed by atoms with Crippen molar-refractivity contribution in [1.29, 1.82) is 0 Å². The average molecular weight is 1110 g/mol. The number of halogens is 9. The maximum Gasteiger partial charge on any atom is 0.490 e. The molecule has 1 saturated heterocycles. The van der Waals surface area contributed by atoms with E-state index in [0.29, 0.717) is 62.4 Å². The van der Waals surface area contributed by atoms with Crippen LogP contribution in [0.15, 0.2) is 48.5 Å². The van der Waals surface area contributed by atoms with Crippen molar-refractivity contribution >= 4 is 63.1 Å². The Labute approximate surface area is 424 Å². The van der Waals surface area contributed by atoms with Crippen molar-refractivity contribution in [2.24, 2.45) is 5.73 Å². The highest BCUT2D eigenvalue weighted by Crippen LogP contribution is 2.20. The zero-order valence-corrected chi connectivity index (χ0v) is 40.9. The molecule has 2 fully saturated rings. The number of carbonyl (C=O) groups excluding carboxylic acids is 4. The number of carboxylic acids is 3. The van der Waals surface area contributed by atoms with Crippen LogP contribution in [0.4, 0.5) is 50.9 Å². The largest absolute Gasteiger partial charge is 0.490 e. The average Bonchev–Trinajstić information content (AvgIpc) is 3.32. The van der Waals surface area contributed by atoms with E-state index in [0.717, 1.165) is 70.3 Å². The van der Waals surface area contributed by atoms with E-state index < -0.39 is 70.5 Å². The highest BCUT2D eigenvalue weighted by molar-refractivity contribution is 7.87. The fraction of sp³-hybridized carbons (Fsp3) is 0.568. The summed E-state index contributed by atoms with van der Waals surface area (Å²) in [7, 11) is -4.11. The molecule has 8 rings (SSSR count). The highest BCUT2D eigenvalue weighted by Gasteiger charge is 2.40. The lowest BCUT2D eigenvalue weighted by atomic mass is 9.96. The predicted molar refractivity (Wildman–Crippen MR) is 250 cm³/mol. The number of nitrogens with two attached hydrogens (primary N) is 1. The standard InChI is InChI=1S/C38H57N9O6S.3C2HF3O2/c39-18-4-5-19-40-37(50)33-26-28-8-12-30(13-9-28)41-35(48)16-20-46-22-24-47(25-23-46)21-17-36(49)42-31-14-10-29(11-15-31)27-34(38(51)43-33)45-54(52,53)44-32-6-2-1-3-7-32;3*3-2(4,5)1(6)7/h8-15,32-34,44-45H,1-7,16-27,39H2,(H,40,50)(H,41,48)(H,42,49)(H,43,51);3*(H,6,7)/t33-,34+;;;/m0.../s1. The van der Waals surface area contributed by atoms with Crippen LogP contribution in [0.2, 0.25) is 0 Å². The van der Waals surface area contributed by atoms with Crippen LogP contribution in [-0.2, 0) is 56.6 Å². The molecular formula is C44H60F9N9O12S. The fourth-order valence-electron chi connectivity index (χ4n) is 7.06. The summed E-state index contributed by atoms with van der Waals surface area (Å²) >= 11 is 0. The molecule has 422 valence electrons. The minimum Gasteiger partial charge on any atom is -0.475 e. The Hall–Kier alpha value is -6.15. The molecule has 0 radical (unpaired) electrons. The molecule has 21 nitrogen and oxygen atoms in total. The van der Waals surface area contributed by atoms with E-state index in [2.05, 4.69) is 40.5 Å². The quantitative estimate of drug-likeness (QED) is 0.127. The lowest BCUT2D eigenvalue weighted by Crippen LogP contribution is -2.57. The number of nitrogens with zero attached hydrogens (tertiary/aromatic N) is 2. The number of rotatable bonds is 9. The maximum absolute atomic E-state index is 14.1. The second-order valence-electron chi connectivity index (χ2n) is 17.0. The van der Waals surface area contributed by atoms with Crippen molar-refractivity contribution in [3.63, 3.8) is 0 Å². The SMILES string of the molecule is NCCCCNC(=O)[C@@H]1Cc2ccc(cc2)NC(=O)CCN2CCN(CCC(=O)Nc3ccc(cc3)C[C@@H](NS(=O)(=O)NC3CCCCC3)C(=O)N1)CC2.O=C(O)C(F)(F)F.O=C(O)C(F)(F)F.O=C(O)C(F)(F)F. The predicted octanol–water partition coefficient (Wildman–Crippen LogP) is 3.13. The van der Waals surface area contributed by atoms with Crippen LogP contribution in [0.1, 0.15) is 68.9 Å². The maximum atomic E-state index is 14.1. The van der Waals surface area contributed by atoms with Gasteiger partial charge in [-0.05, 0) is 74.0 Å². The van der Waals surface area contributed by atoms with E-state index in [1.165, 1.54) is 0 Å². The van der Waals surface area contributed by atoms with Crippen LogP contribution in [-0.4, -0.2) is 164 Å². The number of benzene rings is 2. The molecule has 0 unspecified atom stereocenters. The van der Waals surface area contributed by atoms with Crippen molar-refractivity contribution in [3.8, 4) is 0 Å². The summed E-state index contributed by atoms with van der Waals surface area (Å²) in [4.78, 5) is 84.4. The molecule has 1 aliphatic carbocycles. The van der Waals surface area contributed by atoms with Gasteiger partial charge in [-0.3, -0.25) is 19.2 Å². The summed E-state index contributed by atoms with van der Waals surface area (Å²) in [6.07, 6.45) is -8.74. The molecule has 11 N–H and O–H groups in total. The van der Waals surface area contributed by atoms with Crippen molar-refractivity contribution in [2.75, 3.05) is 63.0 Å². The first-order valence-corrected chi connectivity index (χ1v) is 24.6. The van der Waals surface area contributed by atoms with Crippen LogP contribution in [0.25, 0.3) is 0 Å². The van der Waals surface area contributed by atoms with Gasteiger partial charge >= 0.3 is 36.4 Å². The normalized spacial score (nSPS) is 20.5. The van der Waals surface area contributed by atoms with Gasteiger partial charge in [-0.25, -0.2) is 14.4 Å². The Kier molecular flexibility index (Phi) is 26.9. The van der Waals surface area contributed by atoms with E-state index in [4.69, 9.17) is 35.4 Å². The van der Waals surface area contributed by atoms with E-state index in [9.17, 15) is 67.1 Å². The summed E-state index contributed by atoms with van der Waals surface area (Å²) in [6, 6.07) is 11.6. The Bertz CT molecular complexity index is 2220. The number of aliphatic carboxylic acids is 3. The third kappa shape index (κ3) is 27.3. The third-order valence-electron chi connectivity index (χ3n) is 11.0. The number of anilines is 2. The minimum atomic E-state index is -5.08. The van der Waals surface area contributed by atoms with Gasteiger partial charge in [-0.2, -0.15) is 57.4 Å². The second kappa shape index (κ2) is 31.0. The first kappa shape index (κ1) is 65.0. The van der Waals surface area contributed by atoms with Gasteiger partial charge in [0, 0.05) is 82.5 Å². The zero-order valence-electron chi connectivity index (χ0n) is 40.1. The van der Waals surface area contributed by atoms with Gasteiger partial charge in [0.25, 0.3) is 10.2 Å². The molecule has 0 spiro atoms. The molecule has 2 atom stereocenters. The summed E-state index contributed by atoms with van der Waals surface area (Å²) in [5.41, 5.74) is 8.24. The van der Waals surface area contributed by atoms with Gasteiger partial charge < -0.3 is 52.1 Å². The van der Waals surface area contributed by atoms with Gasteiger partial charge in [0.15, 0.2) is 0 Å². The molecule has 31 heteroatoms. The third-order valence-corrected chi connectivity index (χ3v) is 12.2. The summed E-state index contributed by atoms with van der Waals surface area (Å²) < 4.78 is 127. The number of fused-ring (bicyclic) bond motifs is 3. The number of alkyl halides is 9. The van der Waals surface area contributed by atoms with E-state index in [1.807, 2.05) is 0 Å². The first-order chi connectivity index (χ1) is 34.9. The molecule has 6 aliphatic rings. The summed E-state index contributed by atoms with van der Waals surface area (Å²) in [5, 5.41) is 33.0. The molecule has 5 heterocycles. The summed E-state index contributed by atoms with van der Waals surface area (Å²) in [6.45, 7) is 5.36. The van der Waals surface area contributed by atoms with Crippen molar-refractivity contribution in [3.05, 3.63) is 59.7 Å². The van der Waals surface area contributed by atoms with Gasteiger partial charge in [0.2, 0.25) is 23.6 Å². The Morgan fingerprint density at radius 1 is 0.613 bits per heavy atom. The summed E-state index contributed by atoms with van der Waals surface area (Å²) in [5.74, 6) is -9.57. The highest BCUT2D eigenvalue weighted by atomic mass is 32.2. The minimum absolute atomic E-state index is 0.00313. The Balaban J connectivity index is 0.000000767. The van der Waals surface area contributed by atoms with Gasteiger partial charge in [-0.15, -0.1) is 0 Å². The number of carbonyl (C=O) groups is 7. The molecule has 1 saturated carbocycles. The molecule has 75 heavy (non-hydrogen) atoms. The second-order valence-corrected chi connectivity index (χ2v) is 18.4. The van der Waals surface area contributed by atoms with Crippen LogP contribution in [0.5, 0.6) is 0 Å². The monoisotopic (exact) mass is 1110 g/mol. The molecular weight excluding hydrogens is 1050 g/mol. The Morgan fingerprint density at radius 2 is 1.01 bits per heavy atom. The lowest BCUT2D eigenvalue weighted by molar-refractivity contribution is -0.193. The van der Waals surface area contributed by atoms with Crippen molar-refractivity contribution in [2.45, 2.75) is 107 Å². The molecule has 2 aromatic carbocycles. The number of hydrogen-bond donors (Lipinski definition) is 10. The van der Waals surface area contributed by atoms with Crippen molar-refractivity contribution in [1.82, 2.24) is 29.9 Å². The van der Waals surface area contributed by atoms with Crippen LogP contribution < -0.4 is 36.4 Å². The molecule has 5 aliphatic heterocycles.